The smallest absolute Gasteiger partial charge is 0.340 e. The summed E-state index contributed by atoms with van der Waals surface area (Å²) in [5.41, 5.74) is 0.349. The summed E-state index contributed by atoms with van der Waals surface area (Å²) < 4.78 is 0. The van der Waals surface area contributed by atoms with Crippen molar-refractivity contribution in [2.24, 2.45) is 0 Å². The summed E-state index contributed by atoms with van der Waals surface area (Å²) >= 11 is 5.83. The fourth-order valence-electron chi connectivity index (χ4n) is 3.08. The van der Waals surface area contributed by atoms with Crippen LogP contribution in [0.4, 0.5) is 0 Å². The monoisotopic (exact) mass is 444 g/mol. The van der Waals surface area contributed by atoms with E-state index < -0.39 is 23.3 Å². The minimum atomic E-state index is -1.38. The van der Waals surface area contributed by atoms with Gasteiger partial charge in [0.15, 0.2) is 5.75 Å². The molecule has 0 aliphatic carbocycles. The van der Waals surface area contributed by atoms with Crippen LogP contribution >= 0.6 is 11.6 Å². The Hall–Kier alpha value is -3.16. The van der Waals surface area contributed by atoms with E-state index in [0.717, 1.165) is 0 Å². The molecule has 0 bridgehead atoms. The normalized spacial score (nSPS) is 10.6. The molecule has 0 saturated carbocycles. The van der Waals surface area contributed by atoms with Gasteiger partial charge in [-0.25, -0.2) is 14.6 Å². The highest BCUT2D eigenvalue weighted by Crippen LogP contribution is 2.36. The van der Waals surface area contributed by atoms with Crippen molar-refractivity contribution in [2.75, 3.05) is 19.6 Å². The van der Waals surface area contributed by atoms with E-state index in [4.69, 9.17) is 16.7 Å². The topological polar surface area (TPSA) is 111 Å². The van der Waals surface area contributed by atoms with Gasteiger partial charge in [0.1, 0.15) is 11.3 Å². The van der Waals surface area contributed by atoms with Crippen molar-refractivity contribution < 1.29 is 24.9 Å². The molecule has 0 radical (unpaired) electrons. The van der Waals surface area contributed by atoms with Crippen LogP contribution < -0.4 is 0 Å². The third-order valence-electron chi connectivity index (χ3n) is 4.88. The maximum Gasteiger partial charge on any atom is 0.340 e. The van der Waals surface area contributed by atoms with Gasteiger partial charge >= 0.3 is 11.9 Å². The summed E-state index contributed by atoms with van der Waals surface area (Å²) in [4.78, 5) is 29.3. The zero-order chi connectivity index (χ0) is 23.1. The number of halogens is 1. The summed E-state index contributed by atoms with van der Waals surface area (Å²) in [7, 11) is 0. The maximum absolute atomic E-state index is 11.6. The molecule has 2 aromatic carbocycles. The number of aromatic carboxylic acids is 2. The fourth-order valence-corrected chi connectivity index (χ4v) is 3.21. The SMILES string of the molecule is CCN(CC)CC.O=C(O)c1ccc2nc(-c3ccc(Cl)cc3)c(O)c(C(=O)O)c2c1. The third kappa shape index (κ3) is 5.71. The van der Waals surface area contributed by atoms with E-state index in [1.807, 2.05) is 0 Å². The molecule has 0 amide bonds. The number of hydrogen-bond acceptors (Lipinski definition) is 5. The van der Waals surface area contributed by atoms with Gasteiger partial charge in [0.05, 0.1) is 11.1 Å². The van der Waals surface area contributed by atoms with Crippen molar-refractivity contribution in [3.63, 3.8) is 0 Å². The number of pyridine rings is 1. The molecule has 7 nitrogen and oxygen atoms in total. The zero-order valence-electron chi connectivity index (χ0n) is 17.6. The lowest BCUT2D eigenvalue weighted by Crippen LogP contribution is -2.21. The lowest BCUT2D eigenvalue weighted by Gasteiger charge is -2.13. The Kier molecular flexibility index (Phi) is 8.36. The fraction of sp³-hybridized carbons (Fsp3) is 0.261. The molecule has 3 N–H and O–H groups in total. The number of carbonyl (C=O) groups is 2. The number of carboxylic acid groups (broad SMARTS) is 2. The molecule has 0 atom stereocenters. The Bertz CT molecular complexity index is 1070. The second-order valence-corrected chi connectivity index (χ2v) is 7.09. The highest BCUT2D eigenvalue weighted by atomic mass is 35.5. The van der Waals surface area contributed by atoms with Crippen molar-refractivity contribution in [1.82, 2.24) is 9.88 Å². The van der Waals surface area contributed by atoms with E-state index in [1.165, 1.54) is 37.8 Å². The number of fused-ring (bicyclic) bond motifs is 1. The molecule has 0 fully saturated rings. The van der Waals surface area contributed by atoms with E-state index in [9.17, 15) is 19.8 Å². The Balaban J connectivity index is 0.000000423. The van der Waals surface area contributed by atoms with Crippen molar-refractivity contribution in [3.8, 4) is 17.0 Å². The quantitative estimate of drug-likeness (QED) is 0.490. The van der Waals surface area contributed by atoms with Gasteiger partial charge in [0.25, 0.3) is 0 Å². The van der Waals surface area contributed by atoms with Crippen LogP contribution in [0, 0.1) is 0 Å². The molecular weight excluding hydrogens is 420 g/mol. The summed E-state index contributed by atoms with van der Waals surface area (Å²) in [6.45, 7) is 10.1. The second-order valence-electron chi connectivity index (χ2n) is 6.65. The molecule has 0 saturated heterocycles. The first-order valence-electron chi connectivity index (χ1n) is 9.84. The molecule has 0 aliphatic heterocycles. The number of rotatable bonds is 6. The second kappa shape index (κ2) is 10.7. The van der Waals surface area contributed by atoms with Crippen LogP contribution in [0.15, 0.2) is 42.5 Å². The largest absolute Gasteiger partial charge is 0.505 e. The van der Waals surface area contributed by atoms with E-state index in [0.29, 0.717) is 10.6 Å². The van der Waals surface area contributed by atoms with Crippen LogP contribution in [0.5, 0.6) is 5.75 Å². The molecule has 8 heteroatoms. The van der Waals surface area contributed by atoms with Gasteiger partial charge in [-0.3, -0.25) is 0 Å². The van der Waals surface area contributed by atoms with Gasteiger partial charge < -0.3 is 20.2 Å². The van der Waals surface area contributed by atoms with Gasteiger partial charge in [-0.1, -0.05) is 44.5 Å². The lowest BCUT2D eigenvalue weighted by atomic mass is 10.0. The molecule has 0 spiro atoms. The lowest BCUT2D eigenvalue weighted by molar-refractivity contribution is 0.0683. The van der Waals surface area contributed by atoms with E-state index in [2.05, 4.69) is 30.7 Å². The van der Waals surface area contributed by atoms with E-state index in [-0.39, 0.29) is 22.2 Å². The molecule has 0 unspecified atom stereocenters. The standard InChI is InChI=1S/C17H10ClNO5.C6H15N/c18-10-4-1-8(2-5-10)14-15(20)13(17(23)24)11-7-9(16(21)22)3-6-12(11)19-14;1-4-7(5-2)6-3/h1-7,20H,(H,21,22)(H,23,24);4-6H2,1-3H3. The first kappa shape index (κ1) is 24.1. The predicted molar refractivity (Wildman–Crippen MR) is 121 cm³/mol. The Morgan fingerprint density at radius 1 is 0.935 bits per heavy atom. The van der Waals surface area contributed by atoms with E-state index in [1.54, 1.807) is 24.3 Å². The third-order valence-corrected chi connectivity index (χ3v) is 5.13. The minimum Gasteiger partial charge on any atom is -0.505 e. The first-order valence-corrected chi connectivity index (χ1v) is 10.2. The molecule has 31 heavy (non-hydrogen) atoms. The summed E-state index contributed by atoms with van der Waals surface area (Å²) in [5, 5.41) is 29.4. The van der Waals surface area contributed by atoms with Crippen LogP contribution in [-0.4, -0.2) is 56.8 Å². The van der Waals surface area contributed by atoms with Gasteiger partial charge in [0, 0.05) is 16.0 Å². The Morgan fingerprint density at radius 3 is 1.97 bits per heavy atom. The molecule has 3 aromatic rings. The summed E-state index contributed by atoms with van der Waals surface area (Å²) in [5.74, 6) is -3.10. The molecule has 1 aromatic heterocycles. The summed E-state index contributed by atoms with van der Waals surface area (Å²) in [6, 6.07) is 10.3. The van der Waals surface area contributed by atoms with Gasteiger partial charge in [0.2, 0.25) is 0 Å². The molecule has 164 valence electrons. The molecule has 1 heterocycles. The number of carboxylic acids is 2. The number of nitrogens with zero attached hydrogens (tertiary/aromatic N) is 2. The van der Waals surface area contributed by atoms with Crippen LogP contribution in [0.3, 0.4) is 0 Å². The Labute approximate surface area is 185 Å². The molecule has 3 rings (SSSR count). The zero-order valence-corrected chi connectivity index (χ0v) is 18.3. The van der Waals surface area contributed by atoms with Crippen LogP contribution in [0.1, 0.15) is 41.5 Å². The number of aromatic hydroxyl groups is 1. The number of benzene rings is 2. The highest BCUT2D eigenvalue weighted by molar-refractivity contribution is 6.30. The van der Waals surface area contributed by atoms with Gasteiger partial charge in [-0.15, -0.1) is 0 Å². The van der Waals surface area contributed by atoms with Crippen LogP contribution in [-0.2, 0) is 0 Å². The van der Waals surface area contributed by atoms with Crippen molar-refractivity contribution in [1.29, 1.82) is 0 Å². The predicted octanol–water partition coefficient (Wildman–Crippen LogP) is 5.01. The number of hydrogen-bond donors (Lipinski definition) is 3. The minimum absolute atomic E-state index is 0.0533. The Morgan fingerprint density at radius 2 is 1.52 bits per heavy atom. The molecular formula is C23H25ClN2O5. The highest BCUT2D eigenvalue weighted by Gasteiger charge is 2.21. The summed E-state index contributed by atoms with van der Waals surface area (Å²) in [6.07, 6.45) is 0. The molecule has 0 aliphatic rings. The van der Waals surface area contributed by atoms with Crippen molar-refractivity contribution in [2.45, 2.75) is 20.8 Å². The first-order chi connectivity index (χ1) is 14.7. The van der Waals surface area contributed by atoms with E-state index >= 15 is 0 Å². The van der Waals surface area contributed by atoms with Crippen molar-refractivity contribution >= 4 is 34.4 Å². The maximum atomic E-state index is 11.6. The number of aromatic nitrogens is 1. The average molecular weight is 445 g/mol. The van der Waals surface area contributed by atoms with Crippen LogP contribution in [0.2, 0.25) is 5.02 Å². The van der Waals surface area contributed by atoms with Gasteiger partial charge in [-0.2, -0.15) is 0 Å². The van der Waals surface area contributed by atoms with Gasteiger partial charge in [-0.05, 0) is 50.0 Å². The average Bonchev–Trinajstić information content (AvgIpc) is 2.75. The van der Waals surface area contributed by atoms with Crippen molar-refractivity contribution in [3.05, 3.63) is 58.6 Å². The van der Waals surface area contributed by atoms with Crippen LogP contribution in [0.25, 0.3) is 22.2 Å².